The summed E-state index contributed by atoms with van der Waals surface area (Å²) in [6, 6.07) is 4.32. The quantitative estimate of drug-likeness (QED) is 0.875. The van der Waals surface area contributed by atoms with Gasteiger partial charge in [0.1, 0.15) is 0 Å². The Bertz CT molecular complexity index is 609. The molecule has 0 bridgehead atoms. The molecule has 0 aliphatic carbocycles. The van der Waals surface area contributed by atoms with E-state index in [-0.39, 0.29) is 0 Å². The van der Waals surface area contributed by atoms with Crippen molar-refractivity contribution in [2.75, 3.05) is 19.6 Å². The van der Waals surface area contributed by atoms with Crippen molar-refractivity contribution in [1.82, 2.24) is 19.4 Å². The monoisotopic (exact) mass is 276 g/mol. The fraction of sp³-hybridized carbons (Fsp3) is 0.571. The second-order valence-electron chi connectivity index (χ2n) is 5.39. The number of H-pyrrole nitrogens is 1. The van der Waals surface area contributed by atoms with Gasteiger partial charge < -0.3 is 9.88 Å². The normalized spacial score (nSPS) is 18.8. The van der Waals surface area contributed by atoms with Crippen LogP contribution < -0.4 is 0 Å². The van der Waals surface area contributed by atoms with Crippen LogP contribution in [0.25, 0.3) is 11.2 Å². The zero-order valence-corrected chi connectivity index (χ0v) is 12.1. The summed E-state index contributed by atoms with van der Waals surface area (Å²) in [5, 5.41) is 0. The van der Waals surface area contributed by atoms with Crippen molar-refractivity contribution in [1.29, 1.82) is 0 Å². The van der Waals surface area contributed by atoms with Crippen LogP contribution in [0.3, 0.4) is 0 Å². The van der Waals surface area contributed by atoms with Crippen LogP contribution in [-0.2, 0) is 0 Å². The summed E-state index contributed by atoms with van der Waals surface area (Å²) >= 11 is 5.45. The van der Waals surface area contributed by atoms with Gasteiger partial charge in [0.05, 0.1) is 5.52 Å². The molecule has 1 N–H and O–H groups in total. The smallest absolute Gasteiger partial charge is 0.179 e. The highest BCUT2D eigenvalue weighted by molar-refractivity contribution is 7.71. The Morgan fingerprint density at radius 3 is 2.95 bits per heavy atom. The third kappa shape index (κ3) is 2.58. The molecule has 3 rings (SSSR count). The maximum atomic E-state index is 5.45. The van der Waals surface area contributed by atoms with Crippen LogP contribution in [0, 0.1) is 4.77 Å². The van der Waals surface area contributed by atoms with Crippen molar-refractivity contribution >= 4 is 23.4 Å². The fourth-order valence-electron chi connectivity index (χ4n) is 2.96. The Morgan fingerprint density at radius 2 is 2.16 bits per heavy atom. The van der Waals surface area contributed by atoms with E-state index >= 15 is 0 Å². The van der Waals surface area contributed by atoms with Gasteiger partial charge >= 0.3 is 0 Å². The van der Waals surface area contributed by atoms with Crippen molar-refractivity contribution < 1.29 is 0 Å². The zero-order valence-electron chi connectivity index (χ0n) is 11.3. The molecule has 1 fully saturated rings. The molecule has 0 spiro atoms. The van der Waals surface area contributed by atoms with E-state index in [0.29, 0.717) is 6.04 Å². The van der Waals surface area contributed by atoms with Crippen molar-refractivity contribution in [3.63, 3.8) is 0 Å². The topological polar surface area (TPSA) is 36.9 Å². The first kappa shape index (κ1) is 12.8. The Kier molecular flexibility index (Phi) is 3.66. The minimum Gasteiger partial charge on any atom is -0.329 e. The van der Waals surface area contributed by atoms with Crippen molar-refractivity contribution in [3.05, 3.63) is 23.1 Å². The number of likely N-dealkylation sites (tertiary alicyclic amines) is 1. The molecule has 5 heteroatoms. The predicted molar refractivity (Wildman–Crippen MR) is 79.9 cm³/mol. The predicted octanol–water partition coefficient (Wildman–Crippen LogP) is 3.14. The highest BCUT2D eigenvalue weighted by Gasteiger charge is 2.17. The van der Waals surface area contributed by atoms with Crippen molar-refractivity contribution in [2.24, 2.45) is 0 Å². The third-order valence-corrected chi connectivity index (χ3v) is 4.19. The van der Waals surface area contributed by atoms with Crippen molar-refractivity contribution in [3.8, 4) is 0 Å². The number of nitrogens with one attached hydrogen (secondary N) is 1. The standard InChI is InChI=1S/C14H20N4S/c1-11(10-17-8-3-2-4-9-17)18-13-12(16-14(18)19)6-5-7-15-13/h5-7,11H,2-4,8-10H2,1H3,(H,16,19). The number of aromatic amines is 1. The van der Waals surface area contributed by atoms with Crippen LogP contribution in [0.2, 0.25) is 0 Å². The van der Waals surface area contributed by atoms with Crippen LogP contribution in [0.1, 0.15) is 32.2 Å². The molecule has 1 unspecified atom stereocenters. The van der Waals surface area contributed by atoms with Gasteiger partial charge in [-0.25, -0.2) is 4.98 Å². The molecule has 0 radical (unpaired) electrons. The lowest BCUT2D eigenvalue weighted by Gasteiger charge is -2.29. The average molecular weight is 276 g/mol. The average Bonchev–Trinajstić information content (AvgIpc) is 2.75. The highest BCUT2D eigenvalue weighted by atomic mass is 32.1. The van der Waals surface area contributed by atoms with Gasteiger partial charge in [-0.3, -0.25) is 4.57 Å². The maximum Gasteiger partial charge on any atom is 0.179 e. The van der Waals surface area contributed by atoms with Crippen LogP contribution in [0.5, 0.6) is 0 Å². The summed E-state index contributed by atoms with van der Waals surface area (Å²) < 4.78 is 2.93. The van der Waals surface area contributed by atoms with Gasteiger partial charge in [-0.2, -0.15) is 0 Å². The summed E-state index contributed by atoms with van der Waals surface area (Å²) in [5.74, 6) is 0. The number of piperidine rings is 1. The molecule has 0 aromatic carbocycles. The Labute approximate surface area is 118 Å². The lowest BCUT2D eigenvalue weighted by molar-refractivity contribution is 0.202. The van der Waals surface area contributed by atoms with E-state index in [1.165, 1.54) is 32.4 Å². The lowest BCUT2D eigenvalue weighted by Crippen LogP contribution is -2.34. The number of fused-ring (bicyclic) bond motifs is 1. The second kappa shape index (κ2) is 5.43. The van der Waals surface area contributed by atoms with E-state index in [1.807, 2.05) is 18.3 Å². The van der Waals surface area contributed by atoms with Gasteiger partial charge in [0.15, 0.2) is 10.4 Å². The molecule has 0 saturated carbocycles. The summed E-state index contributed by atoms with van der Waals surface area (Å²) in [4.78, 5) is 10.2. The van der Waals surface area contributed by atoms with E-state index < -0.39 is 0 Å². The van der Waals surface area contributed by atoms with Crippen LogP contribution in [0.4, 0.5) is 0 Å². The second-order valence-corrected chi connectivity index (χ2v) is 5.77. The molecular formula is C14H20N4S. The van der Waals surface area contributed by atoms with Gasteiger partial charge in [-0.15, -0.1) is 0 Å². The molecular weight excluding hydrogens is 256 g/mol. The van der Waals surface area contributed by atoms with Gasteiger partial charge in [0.2, 0.25) is 0 Å². The first-order valence-electron chi connectivity index (χ1n) is 7.03. The molecule has 4 nitrogen and oxygen atoms in total. The first-order valence-corrected chi connectivity index (χ1v) is 7.44. The zero-order chi connectivity index (χ0) is 13.2. The summed E-state index contributed by atoms with van der Waals surface area (Å²) in [6.07, 6.45) is 5.85. The fourth-order valence-corrected chi connectivity index (χ4v) is 3.34. The largest absolute Gasteiger partial charge is 0.329 e. The van der Waals surface area contributed by atoms with E-state index in [0.717, 1.165) is 22.5 Å². The van der Waals surface area contributed by atoms with Crippen LogP contribution >= 0.6 is 12.2 Å². The lowest BCUT2D eigenvalue weighted by atomic mass is 10.1. The summed E-state index contributed by atoms with van der Waals surface area (Å²) in [6.45, 7) is 5.71. The third-order valence-electron chi connectivity index (χ3n) is 3.89. The number of rotatable bonds is 3. The van der Waals surface area contributed by atoms with Gasteiger partial charge in [-0.1, -0.05) is 6.42 Å². The number of nitrogens with zero attached hydrogens (tertiary/aromatic N) is 3. The van der Waals surface area contributed by atoms with Gasteiger partial charge in [0.25, 0.3) is 0 Å². The molecule has 1 aliphatic heterocycles. The Morgan fingerprint density at radius 1 is 1.37 bits per heavy atom. The van der Waals surface area contributed by atoms with E-state index in [1.54, 1.807) is 0 Å². The number of hydrogen-bond acceptors (Lipinski definition) is 3. The van der Waals surface area contributed by atoms with Gasteiger partial charge in [-0.05, 0) is 57.2 Å². The number of imidazole rings is 1. The summed E-state index contributed by atoms with van der Waals surface area (Å²) in [7, 11) is 0. The first-order chi connectivity index (χ1) is 9.25. The highest BCUT2D eigenvalue weighted by Crippen LogP contribution is 2.19. The van der Waals surface area contributed by atoms with E-state index in [4.69, 9.17) is 12.2 Å². The van der Waals surface area contributed by atoms with E-state index in [9.17, 15) is 0 Å². The van der Waals surface area contributed by atoms with Crippen LogP contribution in [-0.4, -0.2) is 39.1 Å². The van der Waals surface area contributed by atoms with E-state index in [2.05, 4.69) is 26.4 Å². The minimum absolute atomic E-state index is 0.356. The number of aromatic nitrogens is 3. The van der Waals surface area contributed by atoms with Crippen LogP contribution in [0.15, 0.2) is 18.3 Å². The Hall–Kier alpha value is -1.20. The SMILES string of the molecule is CC(CN1CCCCC1)n1c(=S)[nH]c2cccnc21. The maximum absolute atomic E-state index is 5.45. The molecule has 3 heterocycles. The molecule has 19 heavy (non-hydrogen) atoms. The number of pyridine rings is 1. The molecule has 0 amide bonds. The minimum atomic E-state index is 0.356. The summed E-state index contributed by atoms with van der Waals surface area (Å²) in [5.41, 5.74) is 2.00. The molecule has 1 atom stereocenters. The molecule has 1 saturated heterocycles. The Balaban J connectivity index is 1.86. The van der Waals surface area contributed by atoms with Crippen molar-refractivity contribution in [2.45, 2.75) is 32.2 Å². The molecule has 102 valence electrons. The van der Waals surface area contributed by atoms with Gasteiger partial charge in [0, 0.05) is 18.8 Å². The molecule has 1 aliphatic rings. The number of hydrogen-bond donors (Lipinski definition) is 1. The molecule has 2 aromatic heterocycles. The molecule has 2 aromatic rings.